The zero-order chi connectivity index (χ0) is 14.5. The van der Waals surface area contributed by atoms with E-state index in [0.717, 1.165) is 25.3 Å². The molecule has 0 unspecified atom stereocenters. The Morgan fingerprint density at radius 2 is 1.95 bits per heavy atom. The summed E-state index contributed by atoms with van der Waals surface area (Å²) in [7, 11) is 0. The van der Waals surface area contributed by atoms with Crippen molar-refractivity contribution in [2.24, 2.45) is 5.92 Å². The van der Waals surface area contributed by atoms with Crippen molar-refractivity contribution in [1.29, 1.82) is 0 Å². The van der Waals surface area contributed by atoms with Gasteiger partial charge in [-0.05, 0) is 50.8 Å². The van der Waals surface area contributed by atoms with Gasteiger partial charge in [0.05, 0.1) is 11.6 Å². The summed E-state index contributed by atoms with van der Waals surface area (Å²) < 4.78 is 5.70. The highest BCUT2D eigenvalue weighted by Gasteiger charge is 2.09. The molecule has 0 saturated carbocycles. The van der Waals surface area contributed by atoms with Crippen LogP contribution in [-0.4, -0.2) is 12.1 Å². The highest BCUT2D eigenvalue weighted by Crippen LogP contribution is 2.26. The first kappa shape index (κ1) is 16.3. The summed E-state index contributed by atoms with van der Waals surface area (Å²) in [5.41, 5.74) is 1.29. The first-order valence-corrected chi connectivity index (χ1v) is 7.32. The average Bonchev–Trinajstić information content (AvgIpc) is 2.27. The van der Waals surface area contributed by atoms with Gasteiger partial charge in [0, 0.05) is 12.1 Å². The second-order valence-electron chi connectivity index (χ2n) is 6.40. The summed E-state index contributed by atoms with van der Waals surface area (Å²) >= 11 is 6.24. The SMILES string of the molecule is CC(C)CCOc1ccc(CNC(C)(C)C)cc1Cl. The van der Waals surface area contributed by atoms with Gasteiger partial charge in [0.15, 0.2) is 0 Å². The molecule has 0 bridgehead atoms. The number of halogens is 1. The monoisotopic (exact) mass is 283 g/mol. The third kappa shape index (κ3) is 6.84. The zero-order valence-electron chi connectivity index (χ0n) is 12.7. The van der Waals surface area contributed by atoms with E-state index in [1.807, 2.05) is 12.1 Å². The second kappa shape index (κ2) is 7.16. The average molecular weight is 284 g/mol. The second-order valence-corrected chi connectivity index (χ2v) is 6.81. The molecule has 1 N–H and O–H groups in total. The van der Waals surface area contributed by atoms with Crippen LogP contribution < -0.4 is 10.1 Å². The molecule has 1 aromatic rings. The Morgan fingerprint density at radius 3 is 2.47 bits per heavy atom. The predicted molar refractivity (Wildman–Crippen MR) is 83.0 cm³/mol. The van der Waals surface area contributed by atoms with Crippen LogP contribution in [0.2, 0.25) is 5.02 Å². The Bertz CT molecular complexity index is 396. The van der Waals surface area contributed by atoms with Crippen LogP contribution in [0, 0.1) is 5.92 Å². The van der Waals surface area contributed by atoms with Crippen molar-refractivity contribution in [2.75, 3.05) is 6.61 Å². The van der Waals surface area contributed by atoms with Crippen molar-refractivity contribution >= 4 is 11.6 Å². The van der Waals surface area contributed by atoms with Gasteiger partial charge < -0.3 is 10.1 Å². The fraction of sp³-hybridized carbons (Fsp3) is 0.625. The number of hydrogen-bond acceptors (Lipinski definition) is 2. The molecule has 108 valence electrons. The standard InChI is InChI=1S/C16H26ClNO/c1-12(2)8-9-19-15-7-6-13(10-14(15)17)11-18-16(3,4)5/h6-7,10,12,18H,8-9,11H2,1-5H3. The highest BCUT2D eigenvalue weighted by atomic mass is 35.5. The van der Waals surface area contributed by atoms with Crippen molar-refractivity contribution in [3.05, 3.63) is 28.8 Å². The number of ether oxygens (including phenoxy) is 1. The van der Waals surface area contributed by atoms with Crippen molar-refractivity contribution in [1.82, 2.24) is 5.32 Å². The van der Waals surface area contributed by atoms with E-state index in [-0.39, 0.29) is 5.54 Å². The zero-order valence-corrected chi connectivity index (χ0v) is 13.5. The van der Waals surface area contributed by atoms with E-state index in [9.17, 15) is 0 Å². The maximum atomic E-state index is 6.24. The fourth-order valence-electron chi connectivity index (χ4n) is 1.54. The van der Waals surface area contributed by atoms with E-state index in [4.69, 9.17) is 16.3 Å². The summed E-state index contributed by atoms with van der Waals surface area (Å²) in [6, 6.07) is 6.00. The number of benzene rings is 1. The minimum atomic E-state index is 0.110. The Kier molecular flexibility index (Phi) is 6.15. The van der Waals surface area contributed by atoms with Gasteiger partial charge in [-0.2, -0.15) is 0 Å². The van der Waals surface area contributed by atoms with Crippen LogP contribution in [0.25, 0.3) is 0 Å². The number of rotatable bonds is 6. The van der Waals surface area contributed by atoms with Gasteiger partial charge in [0.2, 0.25) is 0 Å². The largest absolute Gasteiger partial charge is 0.492 e. The van der Waals surface area contributed by atoms with E-state index < -0.39 is 0 Å². The maximum Gasteiger partial charge on any atom is 0.137 e. The molecule has 0 aliphatic heterocycles. The van der Waals surface area contributed by atoms with Crippen molar-refractivity contribution < 1.29 is 4.74 Å². The summed E-state index contributed by atoms with van der Waals surface area (Å²) in [5.74, 6) is 1.43. The van der Waals surface area contributed by atoms with Gasteiger partial charge in [0.1, 0.15) is 5.75 Å². The molecule has 2 nitrogen and oxygen atoms in total. The third-order valence-corrected chi connectivity index (χ3v) is 3.07. The summed E-state index contributed by atoms with van der Waals surface area (Å²) in [4.78, 5) is 0. The highest BCUT2D eigenvalue weighted by molar-refractivity contribution is 6.32. The molecule has 0 amide bonds. The number of hydrogen-bond donors (Lipinski definition) is 1. The Balaban J connectivity index is 2.54. The lowest BCUT2D eigenvalue weighted by atomic mass is 10.1. The van der Waals surface area contributed by atoms with Crippen LogP contribution in [0.3, 0.4) is 0 Å². The van der Waals surface area contributed by atoms with E-state index in [2.05, 4.69) is 46.0 Å². The molecule has 0 saturated heterocycles. The molecule has 1 rings (SSSR count). The lowest BCUT2D eigenvalue weighted by Gasteiger charge is -2.20. The Labute approximate surface area is 122 Å². The molecule has 0 heterocycles. The molecule has 0 aliphatic carbocycles. The predicted octanol–water partition coefficient (Wildman–Crippen LogP) is 4.65. The van der Waals surface area contributed by atoms with Crippen LogP contribution in [0.15, 0.2) is 18.2 Å². The van der Waals surface area contributed by atoms with Gasteiger partial charge in [-0.3, -0.25) is 0 Å². The molecule has 0 atom stereocenters. The van der Waals surface area contributed by atoms with Crippen molar-refractivity contribution in [3.8, 4) is 5.75 Å². The summed E-state index contributed by atoms with van der Waals surface area (Å²) in [5, 5.41) is 4.14. The van der Waals surface area contributed by atoms with Gasteiger partial charge in [-0.1, -0.05) is 31.5 Å². The fourth-order valence-corrected chi connectivity index (χ4v) is 1.80. The lowest BCUT2D eigenvalue weighted by Crippen LogP contribution is -2.35. The summed E-state index contributed by atoms with van der Waals surface area (Å²) in [6.45, 7) is 12.4. The van der Waals surface area contributed by atoms with Crippen molar-refractivity contribution in [2.45, 2.75) is 53.1 Å². The van der Waals surface area contributed by atoms with Crippen LogP contribution in [0.1, 0.15) is 46.6 Å². The Hall–Kier alpha value is -0.730. The first-order valence-electron chi connectivity index (χ1n) is 6.94. The van der Waals surface area contributed by atoms with Crippen LogP contribution >= 0.6 is 11.6 Å². The molecule has 0 aliphatic rings. The molecular weight excluding hydrogens is 258 g/mol. The van der Waals surface area contributed by atoms with Gasteiger partial charge in [-0.15, -0.1) is 0 Å². The smallest absolute Gasteiger partial charge is 0.137 e. The molecule has 0 spiro atoms. The Morgan fingerprint density at radius 1 is 1.26 bits per heavy atom. The van der Waals surface area contributed by atoms with E-state index in [0.29, 0.717) is 10.9 Å². The molecular formula is C16H26ClNO. The van der Waals surface area contributed by atoms with Crippen LogP contribution in [-0.2, 0) is 6.54 Å². The minimum Gasteiger partial charge on any atom is -0.492 e. The van der Waals surface area contributed by atoms with E-state index in [1.54, 1.807) is 0 Å². The molecule has 1 aromatic carbocycles. The topological polar surface area (TPSA) is 21.3 Å². The molecule has 0 aromatic heterocycles. The van der Waals surface area contributed by atoms with Crippen LogP contribution in [0.4, 0.5) is 0 Å². The molecule has 19 heavy (non-hydrogen) atoms. The van der Waals surface area contributed by atoms with Gasteiger partial charge >= 0.3 is 0 Å². The minimum absolute atomic E-state index is 0.110. The summed E-state index contributed by atoms with van der Waals surface area (Å²) in [6.07, 6.45) is 1.05. The normalized spacial score (nSPS) is 11.9. The molecule has 0 fully saturated rings. The maximum absolute atomic E-state index is 6.24. The quantitative estimate of drug-likeness (QED) is 0.820. The lowest BCUT2D eigenvalue weighted by molar-refractivity contribution is 0.289. The molecule has 0 radical (unpaired) electrons. The first-order chi connectivity index (χ1) is 8.78. The van der Waals surface area contributed by atoms with E-state index in [1.165, 1.54) is 5.56 Å². The molecule has 3 heteroatoms. The van der Waals surface area contributed by atoms with Crippen molar-refractivity contribution in [3.63, 3.8) is 0 Å². The number of nitrogens with one attached hydrogen (secondary N) is 1. The van der Waals surface area contributed by atoms with Gasteiger partial charge in [0.25, 0.3) is 0 Å². The van der Waals surface area contributed by atoms with Gasteiger partial charge in [-0.25, -0.2) is 0 Å². The third-order valence-electron chi connectivity index (χ3n) is 2.77. The van der Waals surface area contributed by atoms with Crippen LogP contribution in [0.5, 0.6) is 5.75 Å². The van der Waals surface area contributed by atoms with E-state index >= 15 is 0 Å².